The van der Waals surface area contributed by atoms with E-state index in [1.54, 1.807) is 4.90 Å². The van der Waals surface area contributed by atoms with Crippen LogP contribution in [-0.2, 0) is 0 Å². The summed E-state index contributed by atoms with van der Waals surface area (Å²) in [7, 11) is 0. The number of carbonyl (C=O) groups is 1. The highest BCUT2D eigenvalue weighted by Crippen LogP contribution is 2.18. The van der Waals surface area contributed by atoms with Crippen molar-refractivity contribution < 1.29 is 9.90 Å². The SMILES string of the molecule is O=C(Nc1cnns1)N1CCC[C@@H]1CO. The van der Waals surface area contributed by atoms with E-state index in [1.807, 2.05) is 0 Å². The summed E-state index contributed by atoms with van der Waals surface area (Å²) in [6.45, 7) is 0.720. The van der Waals surface area contributed by atoms with Gasteiger partial charge in [0.05, 0.1) is 18.8 Å². The Bertz CT molecular complexity index is 329. The first-order valence-corrected chi connectivity index (χ1v) is 5.54. The van der Waals surface area contributed by atoms with Crippen molar-refractivity contribution in [2.75, 3.05) is 18.5 Å². The zero-order valence-electron chi connectivity index (χ0n) is 8.09. The van der Waals surface area contributed by atoms with Gasteiger partial charge in [0.25, 0.3) is 0 Å². The third kappa shape index (κ3) is 2.24. The smallest absolute Gasteiger partial charge is 0.322 e. The molecule has 0 saturated carbocycles. The Morgan fingerprint density at radius 1 is 1.80 bits per heavy atom. The molecule has 2 N–H and O–H groups in total. The van der Waals surface area contributed by atoms with Crippen LogP contribution in [0.4, 0.5) is 9.80 Å². The predicted octanol–water partition coefficient (Wildman–Crippen LogP) is 0.527. The highest BCUT2D eigenvalue weighted by Gasteiger charge is 2.28. The molecule has 6 nitrogen and oxygen atoms in total. The van der Waals surface area contributed by atoms with Crippen LogP contribution in [0.5, 0.6) is 0 Å². The minimum atomic E-state index is -0.183. The average Bonchev–Trinajstić information content (AvgIpc) is 2.86. The summed E-state index contributed by atoms with van der Waals surface area (Å²) < 4.78 is 3.65. The average molecular weight is 228 g/mol. The van der Waals surface area contributed by atoms with Crippen LogP contribution in [0.15, 0.2) is 6.20 Å². The molecule has 2 heterocycles. The summed E-state index contributed by atoms with van der Waals surface area (Å²) >= 11 is 1.14. The summed E-state index contributed by atoms with van der Waals surface area (Å²) in [6, 6.07) is -0.233. The van der Waals surface area contributed by atoms with E-state index >= 15 is 0 Å². The number of aromatic nitrogens is 2. The number of aliphatic hydroxyl groups excluding tert-OH is 1. The minimum absolute atomic E-state index is 0.0222. The molecule has 0 unspecified atom stereocenters. The van der Waals surface area contributed by atoms with Gasteiger partial charge < -0.3 is 10.0 Å². The molecule has 1 aromatic rings. The van der Waals surface area contributed by atoms with Gasteiger partial charge in [0, 0.05) is 18.1 Å². The number of anilines is 1. The molecule has 0 aliphatic carbocycles. The highest BCUT2D eigenvalue weighted by atomic mass is 32.1. The van der Waals surface area contributed by atoms with Gasteiger partial charge in [0.2, 0.25) is 0 Å². The van der Waals surface area contributed by atoms with E-state index in [0.29, 0.717) is 11.5 Å². The minimum Gasteiger partial charge on any atom is -0.394 e. The molecule has 1 fully saturated rings. The van der Waals surface area contributed by atoms with Crippen LogP contribution in [0.25, 0.3) is 0 Å². The van der Waals surface area contributed by atoms with Gasteiger partial charge in [0.1, 0.15) is 5.00 Å². The highest BCUT2D eigenvalue weighted by molar-refractivity contribution is 7.10. The summed E-state index contributed by atoms with van der Waals surface area (Å²) in [5, 5.41) is 16.0. The Hall–Kier alpha value is -1.21. The van der Waals surface area contributed by atoms with Gasteiger partial charge in [-0.25, -0.2) is 4.79 Å². The van der Waals surface area contributed by atoms with Gasteiger partial charge >= 0.3 is 6.03 Å². The molecule has 7 heteroatoms. The normalized spacial score (nSPS) is 20.6. The Labute approximate surface area is 91.1 Å². The van der Waals surface area contributed by atoms with E-state index in [0.717, 1.165) is 24.4 Å². The van der Waals surface area contributed by atoms with E-state index in [-0.39, 0.29) is 18.7 Å². The topological polar surface area (TPSA) is 78.4 Å². The van der Waals surface area contributed by atoms with Crippen LogP contribution in [0.1, 0.15) is 12.8 Å². The third-order valence-corrected chi connectivity index (χ3v) is 3.02. The Morgan fingerprint density at radius 3 is 3.33 bits per heavy atom. The zero-order valence-corrected chi connectivity index (χ0v) is 8.90. The van der Waals surface area contributed by atoms with Gasteiger partial charge in [-0.05, 0) is 12.8 Å². The number of carbonyl (C=O) groups excluding carboxylic acids is 1. The first kappa shape index (κ1) is 10.3. The molecule has 2 rings (SSSR count). The van der Waals surface area contributed by atoms with Gasteiger partial charge in [-0.2, -0.15) is 0 Å². The number of nitrogens with zero attached hydrogens (tertiary/aromatic N) is 3. The van der Waals surface area contributed by atoms with Crippen LogP contribution in [0.3, 0.4) is 0 Å². The lowest BCUT2D eigenvalue weighted by Crippen LogP contribution is -2.40. The van der Waals surface area contributed by atoms with E-state index in [9.17, 15) is 4.79 Å². The molecule has 1 aliphatic rings. The van der Waals surface area contributed by atoms with Crippen LogP contribution in [0, 0.1) is 0 Å². The Kier molecular flexibility index (Phi) is 3.12. The fourth-order valence-corrected chi connectivity index (χ4v) is 2.10. The molecule has 1 saturated heterocycles. The van der Waals surface area contributed by atoms with Gasteiger partial charge in [-0.15, -0.1) is 5.10 Å². The van der Waals surface area contributed by atoms with Gasteiger partial charge in [-0.1, -0.05) is 4.49 Å². The molecule has 82 valence electrons. The van der Waals surface area contributed by atoms with Crippen LogP contribution < -0.4 is 5.32 Å². The first-order chi connectivity index (χ1) is 7.31. The van der Waals surface area contributed by atoms with Crippen LogP contribution in [0.2, 0.25) is 0 Å². The van der Waals surface area contributed by atoms with E-state index < -0.39 is 0 Å². The third-order valence-electron chi connectivity index (χ3n) is 2.44. The maximum atomic E-state index is 11.7. The summed E-state index contributed by atoms with van der Waals surface area (Å²) in [4.78, 5) is 13.4. The van der Waals surface area contributed by atoms with Crippen molar-refractivity contribution in [2.24, 2.45) is 0 Å². The van der Waals surface area contributed by atoms with Crippen molar-refractivity contribution >= 4 is 22.6 Å². The molecular weight excluding hydrogens is 216 g/mol. The number of likely N-dealkylation sites (tertiary alicyclic amines) is 1. The number of hydrogen-bond donors (Lipinski definition) is 2. The number of urea groups is 1. The number of rotatable bonds is 2. The summed E-state index contributed by atoms with van der Waals surface area (Å²) in [6.07, 6.45) is 3.32. The number of hydrogen-bond acceptors (Lipinski definition) is 5. The zero-order chi connectivity index (χ0) is 10.7. The lowest BCUT2D eigenvalue weighted by atomic mass is 10.2. The van der Waals surface area contributed by atoms with Crippen LogP contribution >= 0.6 is 11.5 Å². The summed E-state index contributed by atoms with van der Waals surface area (Å²) in [5.41, 5.74) is 0. The fraction of sp³-hybridized carbons (Fsp3) is 0.625. The van der Waals surface area contributed by atoms with E-state index in [4.69, 9.17) is 5.11 Å². The number of amides is 2. The van der Waals surface area contributed by atoms with Crippen molar-refractivity contribution in [2.45, 2.75) is 18.9 Å². The molecule has 1 aromatic heterocycles. The quantitative estimate of drug-likeness (QED) is 0.773. The van der Waals surface area contributed by atoms with Crippen LogP contribution in [-0.4, -0.2) is 44.8 Å². The fourth-order valence-electron chi connectivity index (χ4n) is 1.69. The Balaban J connectivity index is 1.96. The molecule has 0 bridgehead atoms. The van der Waals surface area contributed by atoms with E-state index in [1.165, 1.54) is 6.20 Å². The molecule has 15 heavy (non-hydrogen) atoms. The van der Waals surface area contributed by atoms with Crippen molar-refractivity contribution in [3.8, 4) is 0 Å². The van der Waals surface area contributed by atoms with Crippen molar-refractivity contribution in [1.82, 2.24) is 14.5 Å². The van der Waals surface area contributed by atoms with Crippen molar-refractivity contribution in [3.63, 3.8) is 0 Å². The molecule has 0 spiro atoms. The van der Waals surface area contributed by atoms with Crippen molar-refractivity contribution in [1.29, 1.82) is 0 Å². The molecule has 0 aromatic carbocycles. The second kappa shape index (κ2) is 4.54. The lowest BCUT2D eigenvalue weighted by Gasteiger charge is -2.22. The van der Waals surface area contributed by atoms with Gasteiger partial charge in [-0.3, -0.25) is 5.32 Å². The second-order valence-electron chi connectivity index (χ2n) is 3.38. The predicted molar refractivity (Wildman–Crippen MR) is 55.7 cm³/mol. The molecule has 2 amide bonds. The van der Waals surface area contributed by atoms with E-state index in [2.05, 4.69) is 14.9 Å². The lowest BCUT2D eigenvalue weighted by molar-refractivity contribution is 0.166. The monoisotopic (exact) mass is 228 g/mol. The molecule has 0 radical (unpaired) electrons. The number of nitrogens with one attached hydrogen (secondary N) is 1. The van der Waals surface area contributed by atoms with Gasteiger partial charge in [0.15, 0.2) is 0 Å². The molecular formula is C8H12N4O2S. The first-order valence-electron chi connectivity index (χ1n) is 4.77. The van der Waals surface area contributed by atoms with Crippen molar-refractivity contribution in [3.05, 3.63) is 6.20 Å². The molecule has 1 atom stereocenters. The Morgan fingerprint density at radius 2 is 2.67 bits per heavy atom. The standard InChI is InChI=1S/C8H12N4O2S/c13-5-6-2-1-3-12(6)8(14)10-7-4-9-11-15-7/h4,6,13H,1-3,5H2,(H,10,14)/t6-/m1/s1. The maximum Gasteiger partial charge on any atom is 0.322 e. The summed E-state index contributed by atoms with van der Waals surface area (Å²) in [5.74, 6) is 0. The largest absolute Gasteiger partial charge is 0.394 e. The molecule has 1 aliphatic heterocycles. The number of aliphatic hydroxyl groups is 1. The second-order valence-corrected chi connectivity index (χ2v) is 4.17. The maximum absolute atomic E-state index is 11.7.